The van der Waals surface area contributed by atoms with E-state index in [2.05, 4.69) is 42.9 Å². The van der Waals surface area contributed by atoms with E-state index in [0.29, 0.717) is 0 Å². The topological polar surface area (TPSA) is 3.88 Å². The summed E-state index contributed by atoms with van der Waals surface area (Å²) in [5, 5.41) is 0. The van der Waals surface area contributed by atoms with Crippen molar-refractivity contribution in [3.05, 3.63) is 30.1 Å². The summed E-state index contributed by atoms with van der Waals surface area (Å²) in [6, 6.07) is 4.26. The van der Waals surface area contributed by atoms with Crippen LogP contribution in [0.3, 0.4) is 0 Å². The van der Waals surface area contributed by atoms with Gasteiger partial charge in [0.25, 0.3) is 0 Å². The molecule has 8 heteroatoms. The average molecular weight is 323 g/mol. The third kappa shape index (κ3) is 19.5. The zero-order valence-corrected chi connectivity index (χ0v) is 12.4. The molecule has 0 aliphatic carbocycles. The fourth-order valence-corrected chi connectivity index (χ4v) is 1.51. The summed E-state index contributed by atoms with van der Waals surface area (Å²) in [6.07, 6.45) is 9.72. The predicted molar refractivity (Wildman–Crippen MR) is 69.1 cm³/mol. The van der Waals surface area contributed by atoms with Crippen LogP contribution in [0.25, 0.3) is 0 Å². The number of aryl methyl sites for hydroxylation is 2. The first-order chi connectivity index (χ1) is 8.78. The molecule has 1 rings (SSSR count). The van der Waals surface area contributed by atoms with Crippen molar-refractivity contribution in [2.24, 2.45) is 0 Å². The molecule has 0 amide bonds. The van der Waals surface area contributed by atoms with Crippen LogP contribution >= 0.6 is 7.81 Å². The van der Waals surface area contributed by atoms with Crippen LogP contribution in [0.2, 0.25) is 0 Å². The second kappa shape index (κ2) is 6.29. The van der Waals surface area contributed by atoms with Gasteiger partial charge in [-0.25, -0.2) is 4.57 Å². The van der Waals surface area contributed by atoms with E-state index in [-0.39, 0.29) is 0 Å². The van der Waals surface area contributed by atoms with Crippen molar-refractivity contribution in [3.63, 3.8) is 0 Å². The van der Waals surface area contributed by atoms with Crippen molar-refractivity contribution in [2.75, 3.05) is 0 Å². The van der Waals surface area contributed by atoms with Gasteiger partial charge < -0.3 is 0 Å². The van der Waals surface area contributed by atoms with Gasteiger partial charge in [-0.1, -0.05) is 19.8 Å². The Kier molecular flexibility index (Phi) is 6.02. The van der Waals surface area contributed by atoms with Crippen LogP contribution in [0.1, 0.15) is 38.2 Å². The molecule has 0 unspecified atom stereocenters. The molecule has 1 heterocycles. The maximum absolute atomic E-state index is 10.7. The summed E-state index contributed by atoms with van der Waals surface area (Å²) >= 11 is 0. The van der Waals surface area contributed by atoms with E-state index in [0.717, 1.165) is 0 Å². The molecule has 1 nitrogen and oxygen atoms in total. The Hall–Kier alpha value is -0.840. The molecule has 0 aromatic carbocycles. The molecule has 0 spiro atoms. The Balaban J connectivity index is 0.000000441. The molecule has 0 fully saturated rings. The van der Waals surface area contributed by atoms with Crippen molar-refractivity contribution in [1.82, 2.24) is 0 Å². The van der Waals surface area contributed by atoms with Crippen LogP contribution in [-0.4, -0.2) is 0 Å². The van der Waals surface area contributed by atoms with Gasteiger partial charge in [-0.05, 0) is 19.4 Å². The second-order valence-electron chi connectivity index (χ2n) is 4.64. The molecule has 0 aliphatic rings. The molecule has 1 aromatic heterocycles. The number of aromatic nitrogens is 1. The fraction of sp³-hybridized carbons (Fsp3) is 0.583. The number of hydrogen-bond donors (Lipinski definition) is 0. The van der Waals surface area contributed by atoms with Crippen molar-refractivity contribution in [3.8, 4) is 0 Å². The Morgan fingerprint density at radius 3 is 2.00 bits per heavy atom. The summed E-state index contributed by atoms with van der Waals surface area (Å²) in [5.41, 5.74) is 1.35. The standard InChI is InChI=1S/C12H20N.F6P/c1-3-4-5-6-9-13-10-7-8-12(2)11-13;1-7(2,3,4,5)6/h7-8,10-11H,3-6,9H2,1-2H3;/q+1;-1. The molecule has 0 bridgehead atoms. The number of rotatable bonds is 5. The Morgan fingerprint density at radius 2 is 1.55 bits per heavy atom. The van der Waals surface area contributed by atoms with Crippen molar-refractivity contribution in [2.45, 2.75) is 46.1 Å². The molecule has 0 saturated heterocycles. The quantitative estimate of drug-likeness (QED) is 0.261. The van der Waals surface area contributed by atoms with Crippen molar-refractivity contribution >= 4 is 7.81 Å². The summed E-state index contributed by atoms with van der Waals surface area (Å²) < 4.78 is 61.5. The zero-order valence-electron chi connectivity index (χ0n) is 11.5. The third-order valence-corrected chi connectivity index (χ3v) is 2.28. The molecule has 0 aliphatic heterocycles. The average Bonchev–Trinajstić information content (AvgIpc) is 2.20. The third-order valence-electron chi connectivity index (χ3n) is 2.28. The number of halogens is 6. The minimum absolute atomic E-state index is 1.17. The number of hydrogen-bond acceptors (Lipinski definition) is 0. The summed E-state index contributed by atoms with van der Waals surface area (Å²) in [5.74, 6) is 0. The Bertz CT molecular complexity index is 403. The van der Waals surface area contributed by atoms with Gasteiger partial charge in [0.1, 0.15) is 6.54 Å². The number of pyridine rings is 1. The molecule has 0 saturated carbocycles. The van der Waals surface area contributed by atoms with Gasteiger partial charge >= 0.3 is 33.0 Å². The fourth-order valence-electron chi connectivity index (χ4n) is 1.51. The second-order valence-corrected chi connectivity index (χ2v) is 6.55. The first kappa shape index (κ1) is 19.2. The normalized spacial score (nSPS) is 14.8. The van der Waals surface area contributed by atoms with Gasteiger partial charge in [-0.3, -0.25) is 0 Å². The van der Waals surface area contributed by atoms with Crippen molar-refractivity contribution in [1.29, 1.82) is 0 Å². The SMILES string of the molecule is CCCCCC[n+]1cccc(C)c1.F[P-](F)(F)(F)(F)F. The van der Waals surface area contributed by atoms with Gasteiger partial charge in [0, 0.05) is 18.1 Å². The van der Waals surface area contributed by atoms with Crippen LogP contribution in [0, 0.1) is 6.92 Å². The van der Waals surface area contributed by atoms with E-state index in [9.17, 15) is 25.2 Å². The molecule has 0 radical (unpaired) electrons. The first-order valence-corrected chi connectivity index (χ1v) is 8.33. The van der Waals surface area contributed by atoms with Crippen LogP contribution in [-0.2, 0) is 6.54 Å². The molecule has 0 atom stereocenters. The van der Waals surface area contributed by atoms with Crippen molar-refractivity contribution < 1.29 is 29.7 Å². The summed E-state index contributed by atoms with van der Waals surface area (Å²) in [6.45, 7) is 5.56. The van der Waals surface area contributed by atoms with E-state index in [4.69, 9.17) is 0 Å². The minimum atomic E-state index is -10.7. The summed E-state index contributed by atoms with van der Waals surface area (Å²) in [7, 11) is -10.7. The van der Waals surface area contributed by atoms with E-state index < -0.39 is 7.81 Å². The molecular formula is C12H20F6NP. The Morgan fingerprint density at radius 1 is 1.00 bits per heavy atom. The van der Waals surface area contributed by atoms with E-state index >= 15 is 0 Å². The Labute approximate surface area is 114 Å². The molecular weight excluding hydrogens is 303 g/mol. The number of nitrogens with zero attached hydrogens (tertiary/aromatic N) is 1. The zero-order chi connectivity index (χ0) is 15.9. The predicted octanol–water partition coefficient (Wildman–Crippen LogP) is 6.25. The van der Waals surface area contributed by atoms with Gasteiger partial charge in [0.2, 0.25) is 0 Å². The van der Waals surface area contributed by atoms with E-state index in [1.807, 2.05) is 0 Å². The van der Waals surface area contributed by atoms with E-state index in [1.54, 1.807) is 0 Å². The van der Waals surface area contributed by atoms with Gasteiger partial charge in [0.05, 0.1) is 0 Å². The molecule has 20 heavy (non-hydrogen) atoms. The van der Waals surface area contributed by atoms with Crippen LogP contribution < -0.4 is 4.57 Å². The summed E-state index contributed by atoms with van der Waals surface area (Å²) in [4.78, 5) is 0. The van der Waals surface area contributed by atoms with Gasteiger partial charge in [-0.15, -0.1) is 0 Å². The van der Waals surface area contributed by atoms with Crippen LogP contribution in [0.5, 0.6) is 0 Å². The van der Waals surface area contributed by atoms with Gasteiger partial charge in [-0.2, -0.15) is 0 Å². The van der Waals surface area contributed by atoms with Crippen LogP contribution in [0.4, 0.5) is 25.2 Å². The molecule has 0 N–H and O–H groups in total. The van der Waals surface area contributed by atoms with Gasteiger partial charge in [0.15, 0.2) is 12.4 Å². The van der Waals surface area contributed by atoms with E-state index in [1.165, 1.54) is 37.8 Å². The molecule has 1 aromatic rings. The molecule has 120 valence electrons. The first-order valence-electron chi connectivity index (χ1n) is 6.30. The monoisotopic (exact) mass is 323 g/mol. The van der Waals surface area contributed by atoms with Crippen LogP contribution in [0.15, 0.2) is 24.5 Å². The number of unbranched alkanes of at least 4 members (excludes halogenated alkanes) is 3. The maximum atomic E-state index is 9.87.